The zero-order valence-corrected chi connectivity index (χ0v) is 12.0. The van der Waals surface area contributed by atoms with Crippen molar-refractivity contribution < 1.29 is 9.47 Å². The van der Waals surface area contributed by atoms with Gasteiger partial charge in [0.05, 0.1) is 6.04 Å². The van der Waals surface area contributed by atoms with Gasteiger partial charge in [0.2, 0.25) is 0 Å². The van der Waals surface area contributed by atoms with E-state index in [-0.39, 0.29) is 6.29 Å². The lowest BCUT2D eigenvalue weighted by Gasteiger charge is -2.39. The molecule has 0 aromatic heterocycles. The molecule has 102 valence electrons. The number of hydrogen-bond acceptors (Lipinski definition) is 3. The molecule has 1 aliphatic carbocycles. The Bertz CT molecular complexity index is 206. The minimum atomic E-state index is -0.124. The van der Waals surface area contributed by atoms with Gasteiger partial charge in [-0.15, -0.1) is 0 Å². The second kappa shape index (κ2) is 7.34. The summed E-state index contributed by atoms with van der Waals surface area (Å²) in [5, 5.41) is 3.54. The highest BCUT2D eigenvalue weighted by molar-refractivity contribution is 4.85. The van der Waals surface area contributed by atoms with Crippen LogP contribution in [0.15, 0.2) is 0 Å². The Morgan fingerprint density at radius 3 is 2.24 bits per heavy atom. The monoisotopic (exact) mass is 243 g/mol. The number of methoxy groups -OCH3 is 2. The van der Waals surface area contributed by atoms with E-state index >= 15 is 0 Å². The third-order valence-electron chi connectivity index (χ3n) is 4.34. The zero-order chi connectivity index (χ0) is 12.8. The molecule has 0 saturated heterocycles. The van der Waals surface area contributed by atoms with Crippen LogP contribution in [0.1, 0.15) is 40.0 Å². The smallest absolute Gasteiger partial charge is 0.172 e. The molecule has 1 rings (SSSR count). The molecule has 0 aromatic rings. The molecule has 17 heavy (non-hydrogen) atoms. The minimum absolute atomic E-state index is 0.124. The molecule has 4 unspecified atom stereocenters. The maximum atomic E-state index is 5.44. The molecule has 0 spiro atoms. The van der Waals surface area contributed by atoms with E-state index in [0.717, 1.165) is 18.4 Å². The third-order valence-corrected chi connectivity index (χ3v) is 4.34. The molecule has 3 nitrogen and oxygen atoms in total. The number of rotatable bonds is 6. The van der Waals surface area contributed by atoms with Crippen LogP contribution in [0.2, 0.25) is 0 Å². The average molecular weight is 243 g/mol. The second-order valence-corrected chi connectivity index (χ2v) is 5.45. The number of likely N-dealkylation sites (N-methyl/N-ethyl adjacent to an activating group) is 1. The Hall–Kier alpha value is -0.120. The van der Waals surface area contributed by atoms with Crippen molar-refractivity contribution in [2.75, 3.05) is 20.8 Å². The fourth-order valence-electron chi connectivity index (χ4n) is 3.03. The first kappa shape index (κ1) is 14.9. The standard InChI is InChI=1S/C14H29NO2/c1-6-15-13(14(16-4)17-5)12-8-7-10(2)11(3)9-12/h10-15H,6-9H2,1-5H3. The summed E-state index contributed by atoms with van der Waals surface area (Å²) in [6.45, 7) is 7.85. The predicted molar refractivity (Wildman–Crippen MR) is 70.9 cm³/mol. The molecule has 0 heterocycles. The quantitative estimate of drug-likeness (QED) is 0.728. The van der Waals surface area contributed by atoms with E-state index in [4.69, 9.17) is 9.47 Å². The highest BCUT2D eigenvalue weighted by Crippen LogP contribution is 2.36. The summed E-state index contributed by atoms with van der Waals surface area (Å²) < 4.78 is 10.9. The van der Waals surface area contributed by atoms with E-state index in [1.807, 2.05) is 0 Å². The van der Waals surface area contributed by atoms with Gasteiger partial charge in [-0.1, -0.05) is 27.2 Å². The Morgan fingerprint density at radius 2 is 1.76 bits per heavy atom. The molecule has 1 N–H and O–H groups in total. The summed E-state index contributed by atoms with van der Waals surface area (Å²) in [5.74, 6) is 2.34. The van der Waals surface area contributed by atoms with Crippen LogP contribution in [0.4, 0.5) is 0 Å². The zero-order valence-electron chi connectivity index (χ0n) is 12.0. The number of nitrogens with one attached hydrogen (secondary N) is 1. The van der Waals surface area contributed by atoms with Gasteiger partial charge in [0.15, 0.2) is 6.29 Å². The van der Waals surface area contributed by atoms with E-state index in [1.54, 1.807) is 14.2 Å². The Kier molecular flexibility index (Phi) is 6.45. The van der Waals surface area contributed by atoms with Crippen molar-refractivity contribution >= 4 is 0 Å². The third kappa shape index (κ3) is 3.94. The van der Waals surface area contributed by atoms with Gasteiger partial charge in [-0.05, 0) is 37.1 Å². The van der Waals surface area contributed by atoms with E-state index in [9.17, 15) is 0 Å². The fourth-order valence-corrected chi connectivity index (χ4v) is 3.03. The molecule has 0 radical (unpaired) electrons. The number of hydrogen-bond donors (Lipinski definition) is 1. The minimum Gasteiger partial charge on any atom is -0.354 e. The summed E-state index contributed by atoms with van der Waals surface area (Å²) >= 11 is 0. The number of ether oxygens (including phenoxy) is 2. The Balaban J connectivity index is 2.63. The van der Waals surface area contributed by atoms with Crippen LogP contribution in [-0.4, -0.2) is 33.1 Å². The Morgan fingerprint density at radius 1 is 1.12 bits per heavy atom. The van der Waals surface area contributed by atoms with Gasteiger partial charge in [-0.3, -0.25) is 0 Å². The summed E-state index contributed by atoms with van der Waals surface area (Å²) in [7, 11) is 3.46. The first-order chi connectivity index (χ1) is 8.13. The van der Waals surface area contributed by atoms with Gasteiger partial charge in [0.1, 0.15) is 0 Å². The summed E-state index contributed by atoms with van der Waals surface area (Å²) in [4.78, 5) is 0. The summed E-state index contributed by atoms with van der Waals surface area (Å²) in [5.41, 5.74) is 0. The van der Waals surface area contributed by atoms with Crippen LogP contribution < -0.4 is 5.32 Å². The first-order valence-electron chi connectivity index (χ1n) is 6.92. The molecule has 3 heteroatoms. The van der Waals surface area contributed by atoms with Gasteiger partial charge >= 0.3 is 0 Å². The average Bonchev–Trinajstić information content (AvgIpc) is 2.33. The SMILES string of the molecule is CCNC(C1CCC(C)C(C)C1)C(OC)OC. The molecule has 0 bridgehead atoms. The lowest BCUT2D eigenvalue weighted by Crippen LogP contribution is -2.49. The predicted octanol–water partition coefficient (Wildman–Crippen LogP) is 2.66. The fraction of sp³-hybridized carbons (Fsp3) is 1.00. The van der Waals surface area contributed by atoms with Crippen molar-refractivity contribution in [2.45, 2.75) is 52.4 Å². The molecular weight excluding hydrogens is 214 g/mol. The molecule has 1 aliphatic rings. The van der Waals surface area contributed by atoms with Crippen molar-refractivity contribution in [3.8, 4) is 0 Å². The van der Waals surface area contributed by atoms with Crippen molar-refractivity contribution in [1.29, 1.82) is 0 Å². The maximum Gasteiger partial charge on any atom is 0.172 e. The van der Waals surface area contributed by atoms with Crippen LogP contribution in [0, 0.1) is 17.8 Å². The van der Waals surface area contributed by atoms with Crippen LogP contribution in [0.5, 0.6) is 0 Å². The van der Waals surface area contributed by atoms with Gasteiger partial charge < -0.3 is 14.8 Å². The molecular formula is C14H29NO2. The lowest BCUT2D eigenvalue weighted by molar-refractivity contribution is -0.137. The highest BCUT2D eigenvalue weighted by Gasteiger charge is 2.34. The first-order valence-corrected chi connectivity index (χ1v) is 6.92. The van der Waals surface area contributed by atoms with Crippen LogP contribution >= 0.6 is 0 Å². The molecule has 0 aromatic carbocycles. The topological polar surface area (TPSA) is 30.5 Å². The van der Waals surface area contributed by atoms with Crippen LogP contribution in [0.3, 0.4) is 0 Å². The maximum absolute atomic E-state index is 5.44. The molecule has 4 atom stereocenters. The molecule has 1 saturated carbocycles. The van der Waals surface area contributed by atoms with E-state index in [0.29, 0.717) is 12.0 Å². The largest absolute Gasteiger partial charge is 0.354 e. The van der Waals surface area contributed by atoms with Crippen molar-refractivity contribution in [2.24, 2.45) is 17.8 Å². The van der Waals surface area contributed by atoms with E-state index in [2.05, 4.69) is 26.1 Å². The van der Waals surface area contributed by atoms with E-state index in [1.165, 1.54) is 19.3 Å². The van der Waals surface area contributed by atoms with Gasteiger partial charge in [-0.2, -0.15) is 0 Å². The van der Waals surface area contributed by atoms with Gasteiger partial charge in [0, 0.05) is 14.2 Å². The molecule has 1 fully saturated rings. The van der Waals surface area contributed by atoms with Gasteiger partial charge in [0.25, 0.3) is 0 Å². The highest BCUT2D eigenvalue weighted by atomic mass is 16.7. The van der Waals surface area contributed by atoms with Crippen LogP contribution in [0.25, 0.3) is 0 Å². The molecule has 0 amide bonds. The van der Waals surface area contributed by atoms with Crippen molar-refractivity contribution in [1.82, 2.24) is 5.32 Å². The lowest BCUT2D eigenvalue weighted by atomic mass is 9.73. The summed E-state index contributed by atoms with van der Waals surface area (Å²) in [6, 6.07) is 0.324. The second-order valence-electron chi connectivity index (χ2n) is 5.45. The van der Waals surface area contributed by atoms with Crippen LogP contribution in [-0.2, 0) is 9.47 Å². The normalized spacial score (nSPS) is 31.8. The van der Waals surface area contributed by atoms with E-state index < -0.39 is 0 Å². The van der Waals surface area contributed by atoms with Crippen molar-refractivity contribution in [3.63, 3.8) is 0 Å². The van der Waals surface area contributed by atoms with Gasteiger partial charge in [-0.25, -0.2) is 0 Å². The molecule has 0 aliphatic heterocycles. The summed E-state index contributed by atoms with van der Waals surface area (Å²) in [6.07, 6.45) is 3.77. The van der Waals surface area contributed by atoms with Crippen molar-refractivity contribution in [3.05, 3.63) is 0 Å². The Labute approximate surface area is 106 Å².